The van der Waals surface area contributed by atoms with Crippen LogP contribution < -0.4 is 10.1 Å². The minimum absolute atomic E-state index is 0. The summed E-state index contributed by atoms with van der Waals surface area (Å²) >= 11 is 0. The SMILES string of the molecule is CC1CN(C(=O)c2ccc(COc3ccc(F)cc3)o2)CCN1.Cl. The Morgan fingerprint density at radius 2 is 2.08 bits per heavy atom. The standard InChI is InChI=1S/C17H19FN2O3.ClH/c1-12-10-20(9-8-19-12)17(21)16-7-6-15(23-16)11-22-14-4-2-13(18)3-5-14;/h2-7,12,19H,8-11H2,1H3;1H. The molecular weight excluding hydrogens is 335 g/mol. The van der Waals surface area contributed by atoms with Crippen LogP contribution >= 0.6 is 12.4 Å². The highest BCUT2D eigenvalue weighted by atomic mass is 35.5. The van der Waals surface area contributed by atoms with Gasteiger partial charge >= 0.3 is 0 Å². The molecule has 0 spiro atoms. The van der Waals surface area contributed by atoms with Gasteiger partial charge in [-0.3, -0.25) is 4.79 Å². The van der Waals surface area contributed by atoms with Crippen molar-refractivity contribution in [2.24, 2.45) is 0 Å². The first kappa shape index (κ1) is 18.3. The molecule has 1 amide bonds. The summed E-state index contributed by atoms with van der Waals surface area (Å²) in [6.45, 7) is 4.36. The summed E-state index contributed by atoms with van der Waals surface area (Å²) in [6, 6.07) is 9.43. The molecule has 24 heavy (non-hydrogen) atoms. The first-order valence-corrected chi connectivity index (χ1v) is 7.61. The third-order valence-corrected chi connectivity index (χ3v) is 3.72. The highest BCUT2D eigenvalue weighted by Gasteiger charge is 2.23. The van der Waals surface area contributed by atoms with Gasteiger partial charge in [0.25, 0.3) is 5.91 Å². The number of nitrogens with one attached hydrogen (secondary N) is 1. The molecule has 0 radical (unpaired) electrons. The maximum Gasteiger partial charge on any atom is 0.289 e. The summed E-state index contributed by atoms with van der Waals surface area (Å²) < 4.78 is 23.9. The fraction of sp³-hybridized carbons (Fsp3) is 0.353. The lowest BCUT2D eigenvalue weighted by molar-refractivity contribution is 0.0673. The number of hydrogen-bond acceptors (Lipinski definition) is 4. The lowest BCUT2D eigenvalue weighted by atomic mass is 10.2. The van der Waals surface area contributed by atoms with Crippen LogP contribution in [0.2, 0.25) is 0 Å². The molecule has 1 unspecified atom stereocenters. The number of nitrogens with zero attached hydrogens (tertiary/aromatic N) is 1. The maximum absolute atomic E-state index is 12.8. The van der Waals surface area contributed by atoms with E-state index in [4.69, 9.17) is 9.15 Å². The van der Waals surface area contributed by atoms with E-state index in [0.717, 1.165) is 6.54 Å². The van der Waals surface area contributed by atoms with E-state index in [1.165, 1.54) is 12.1 Å². The van der Waals surface area contributed by atoms with Gasteiger partial charge in [0.1, 0.15) is 23.9 Å². The molecule has 2 aromatic rings. The monoisotopic (exact) mass is 354 g/mol. The fourth-order valence-electron chi connectivity index (χ4n) is 2.53. The average Bonchev–Trinajstić information content (AvgIpc) is 3.02. The molecule has 1 aliphatic heterocycles. The van der Waals surface area contributed by atoms with Gasteiger partial charge in [0.2, 0.25) is 0 Å². The molecule has 0 aliphatic carbocycles. The molecular formula is C17H20ClFN2O3. The summed E-state index contributed by atoms with van der Waals surface area (Å²) in [5.74, 6) is 1.00. The number of piperazine rings is 1. The zero-order valence-electron chi connectivity index (χ0n) is 13.3. The fourth-order valence-corrected chi connectivity index (χ4v) is 2.53. The van der Waals surface area contributed by atoms with Gasteiger partial charge in [-0.2, -0.15) is 0 Å². The van der Waals surface area contributed by atoms with Crippen LogP contribution in [-0.4, -0.2) is 36.5 Å². The van der Waals surface area contributed by atoms with Crippen LogP contribution in [0, 0.1) is 5.82 Å². The molecule has 0 saturated carbocycles. The van der Waals surface area contributed by atoms with Crippen LogP contribution in [0.25, 0.3) is 0 Å². The van der Waals surface area contributed by atoms with E-state index in [-0.39, 0.29) is 36.8 Å². The minimum Gasteiger partial charge on any atom is -0.486 e. The lowest BCUT2D eigenvalue weighted by Crippen LogP contribution is -2.51. The van der Waals surface area contributed by atoms with Crippen LogP contribution in [-0.2, 0) is 6.61 Å². The zero-order chi connectivity index (χ0) is 16.2. The zero-order valence-corrected chi connectivity index (χ0v) is 14.1. The number of carbonyl (C=O) groups excluding carboxylic acids is 1. The van der Waals surface area contributed by atoms with Crippen molar-refractivity contribution in [2.45, 2.75) is 19.6 Å². The molecule has 1 aromatic carbocycles. The Hall–Kier alpha value is -2.05. The van der Waals surface area contributed by atoms with Gasteiger partial charge < -0.3 is 19.4 Å². The molecule has 1 saturated heterocycles. The summed E-state index contributed by atoms with van der Waals surface area (Å²) in [7, 11) is 0. The number of carbonyl (C=O) groups is 1. The summed E-state index contributed by atoms with van der Waals surface area (Å²) in [5, 5.41) is 3.29. The maximum atomic E-state index is 12.8. The first-order valence-electron chi connectivity index (χ1n) is 7.61. The van der Waals surface area contributed by atoms with Crippen LogP contribution in [0.4, 0.5) is 4.39 Å². The lowest BCUT2D eigenvalue weighted by Gasteiger charge is -2.31. The predicted molar refractivity (Wildman–Crippen MR) is 90.1 cm³/mol. The number of benzene rings is 1. The summed E-state index contributed by atoms with van der Waals surface area (Å²) in [5.41, 5.74) is 0. The van der Waals surface area contributed by atoms with E-state index in [1.807, 2.05) is 6.92 Å². The highest BCUT2D eigenvalue weighted by molar-refractivity contribution is 5.91. The Kier molecular flexibility index (Phi) is 6.23. The van der Waals surface area contributed by atoms with Crippen LogP contribution in [0.1, 0.15) is 23.2 Å². The van der Waals surface area contributed by atoms with Crippen molar-refractivity contribution in [3.63, 3.8) is 0 Å². The van der Waals surface area contributed by atoms with Crippen LogP contribution in [0.3, 0.4) is 0 Å². The van der Waals surface area contributed by atoms with Gasteiger partial charge in [-0.25, -0.2) is 4.39 Å². The van der Waals surface area contributed by atoms with E-state index in [9.17, 15) is 9.18 Å². The van der Waals surface area contributed by atoms with E-state index in [2.05, 4.69) is 5.32 Å². The molecule has 1 fully saturated rings. The second-order valence-electron chi connectivity index (χ2n) is 5.61. The largest absolute Gasteiger partial charge is 0.486 e. The number of amides is 1. The number of hydrogen-bond donors (Lipinski definition) is 1. The first-order chi connectivity index (χ1) is 11.1. The Morgan fingerprint density at radius 3 is 2.79 bits per heavy atom. The number of furan rings is 1. The van der Waals surface area contributed by atoms with E-state index in [0.29, 0.717) is 30.4 Å². The molecule has 1 aromatic heterocycles. The van der Waals surface area contributed by atoms with Crippen molar-refractivity contribution in [1.82, 2.24) is 10.2 Å². The molecule has 7 heteroatoms. The molecule has 1 aliphatic rings. The second-order valence-corrected chi connectivity index (χ2v) is 5.61. The molecule has 130 valence electrons. The van der Waals surface area contributed by atoms with Crippen molar-refractivity contribution in [3.05, 3.63) is 53.7 Å². The van der Waals surface area contributed by atoms with E-state index in [1.54, 1.807) is 29.2 Å². The molecule has 5 nitrogen and oxygen atoms in total. The average molecular weight is 355 g/mol. The van der Waals surface area contributed by atoms with Gasteiger partial charge in [-0.1, -0.05) is 0 Å². The second kappa shape index (κ2) is 8.17. The predicted octanol–water partition coefficient (Wildman–Crippen LogP) is 2.85. The van der Waals surface area contributed by atoms with Crippen molar-refractivity contribution in [3.8, 4) is 5.75 Å². The Labute approximate surface area is 146 Å². The number of halogens is 2. The molecule has 0 bridgehead atoms. The molecule has 1 atom stereocenters. The van der Waals surface area contributed by atoms with Crippen molar-refractivity contribution >= 4 is 18.3 Å². The van der Waals surface area contributed by atoms with Crippen molar-refractivity contribution in [2.75, 3.05) is 19.6 Å². The summed E-state index contributed by atoms with van der Waals surface area (Å²) in [4.78, 5) is 14.2. The molecule has 3 rings (SSSR count). The van der Waals surface area contributed by atoms with Gasteiger partial charge in [0.05, 0.1) is 0 Å². The van der Waals surface area contributed by atoms with Crippen LogP contribution in [0.15, 0.2) is 40.8 Å². The molecule has 1 N–H and O–H groups in total. The minimum atomic E-state index is -0.312. The number of ether oxygens (including phenoxy) is 1. The third kappa shape index (κ3) is 4.49. The normalized spacial score (nSPS) is 17.2. The topological polar surface area (TPSA) is 54.7 Å². The Bertz CT molecular complexity index is 675. The van der Waals surface area contributed by atoms with Gasteiger partial charge in [0, 0.05) is 25.7 Å². The van der Waals surface area contributed by atoms with E-state index < -0.39 is 0 Å². The number of rotatable bonds is 4. The quantitative estimate of drug-likeness (QED) is 0.917. The van der Waals surface area contributed by atoms with Crippen molar-refractivity contribution in [1.29, 1.82) is 0 Å². The van der Waals surface area contributed by atoms with Crippen molar-refractivity contribution < 1.29 is 18.3 Å². The smallest absolute Gasteiger partial charge is 0.289 e. The highest BCUT2D eigenvalue weighted by Crippen LogP contribution is 2.16. The van der Waals surface area contributed by atoms with E-state index >= 15 is 0 Å². The Balaban J connectivity index is 0.00000208. The Morgan fingerprint density at radius 1 is 1.33 bits per heavy atom. The van der Waals surface area contributed by atoms with Crippen LogP contribution in [0.5, 0.6) is 5.75 Å². The van der Waals surface area contributed by atoms with Gasteiger partial charge in [-0.05, 0) is 43.3 Å². The molecule has 2 heterocycles. The third-order valence-electron chi connectivity index (χ3n) is 3.72. The summed E-state index contributed by atoms with van der Waals surface area (Å²) in [6.07, 6.45) is 0. The van der Waals surface area contributed by atoms with Gasteiger partial charge in [0.15, 0.2) is 5.76 Å². The van der Waals surface area contributed by atoms with Gasteiger partial charge in [-0.15, -0.1) is 12.4 Å².